The fourth-order valence-corrected chi connectivity index (χ4v) is 2.82. The van der Waals surface area contributed by atoms with Gasteiger partial charge in [0.25, 0.3) is 0 Å². The Bertz CT molecular complexity index is 658. The zero-order valence-electron chi connectivity index (χ0n) is 11.3. The van der Waals surface area contributed by atoms with E-state index in [1.807, 2.05) is 37.4 Å². The van der Waals surface area contributed by atoms with Gasteiger partial charge in [-0.25, -0.2) is 8.42 Å². The smallest absolute Gasteiger partial charge is 0.147 e. The first-order valence-corrected chi connectivity index (χ1v) is 8.45. The lowest BCUT2D eigenvalue weighted by molar-refractivity contribution is 0.344. The van der Waals surface area contributed by atoms with E-state index >= 15 is 0 Å². The lowest BCUT2D eigenvalue weighted by Crippen LogP contribution is -2.06. The second-order valence-electron chi connectivity index (χ2n) is 4.61. The maximum atomic E-state index is 11.1. The van der Waals surface area contributed by atoms with E-state index in [-0.39, 0.29) is 5.75 Å². The molecule has 0 unspecified atom stereocenters. The van der Waals surface area contributed by atoms with Gasteiger partial charge in [0.05, 0.1) is 17.9 Å². The molecular formula is C14H19NO3S. The molecule has 0 bridgehead atoms. The van der Waals surface area contributed by atoms with E-state index in [2.05, 4.69) is 4.57 Å². The van der Waals surface area contributed by atoms with Crippen LogP contribution in [0.1, 0.15) is 13.3 Å². The molecular weight excluding hydrogens is 262 g/mol. The summed E-state index contributed by atoms with van der Waals surface area (Å²) in [6.45, 7) is 3.30. The van der Waals surface area contributed by atoms with Gasteiger partial charge in [0.1, 0.15) is 15.6 Å². The number of fused-ring (bicyclic) bond motifs is 1. The fourth-order valence-electron chi connectivity index (χ4n) is 2.17. The highest BCUT2D eigenvalue weighted by Gasteiger charge is 2.07. The normalized spacial score (nSPS) is 11.9. The van der Waals surface area contributed by atoms with Crippen molar-refractivity contribution in [3.05, 3.63) is 30.5 Å². The van der Waals surface area contributed by atoms with Crippen LogP contribution in [0, 0.1) is 0 Å². The van der Waals surface area contributed by atoms with E-state index in [1.165, 1.54) is 6.26 Å². The molecule has 5 heteroatoms. The van der Waals surface area contributed by atoms with Crippen LogP contribution >= 0.6 is 0 Å². The van der Waals surface area contributed by atoms with E-state index in [9.17, 15) is 8.42 Å². The zero-order valence-corrected chi connectivity index (χ0v) is 12.1. The maximum Gasteiger partial charge on any atom is 0.147 e. The van der Waals surface area contributed by atoms with Gasteiger partial charge in [0.2, 0.25) is 0 Å². The van der Waals surface area contributed by atoms with Crippen LogP contribution in [0.3, 0.4) is 0 Å². The third kappa shape index (κ3) is 3.50. The van der Waals surface area contributed by atoms with E-state index in [4.69, 9.17) is 4.74 Å². The van der Waals surface area contributed by atoms with E-state index in [0.29, 0.717) is 19.6 Å². The maximum absolute atomic E-state index is 11.1. The van der Waals surface area contributed by atoms with Crippen molar-refractivity contribution in [2.75, 3.05) is 18.6 Å². The van der Waals surface area contributed by atoms with Gasteiger partial charge in [-0.15, -0.1) is 0 Å². The molecule has 0 aliphatic carbocycles. The molecule has 2 rings (SSSR count). The van der Waals surface area contributed by atoms with Crippen molar-refractivity contribution in [3.63, 3.8) is 0 Å². The molecule has 0 aliphatic rings. The average molecular weight is 281 g/mol. The van der Waals surface area contributed by atoms with E-state index in [1.54, 1.807) is 0 Å². The largest absolute Gasteiger partial charge is 0.493 e. The summed E-state index contributed by atoms with van der Waals surface area (Å²) >= 11 is 0. The SMILES string of the molecule is CCOc1cccc2c1ccn2CCCS(C)(=O)=O. The quantitative estimate of drug-likeness (QED) is 0.817. The number of nitrogens with zero attached hydrogens (tertiary/aromatic N) is 1. The lowest BCUT2D eigenvalue weighted by atomic mass is 10.2. The first kappa shape index (κ1) is 13.9. The van der Waals surface area contributed by atoms with Crippen LogP contribution in [-0.2, 0) is 16.4 Å². The number of aryl methyl sites for hydroxylation is 1. The van der Waals surface area contributed by atoms with Crippen molar-refractivity contribution >= 4 is 20.7 Å². The number of hydrogen-bond acceptors (Lipinski definition) is 3. The van der Waals surface area contributed by atoms with Crippen LogP contribution < -0.4 is 4.74 Å². The summed E-state index contributed by atoms with van der Waals surface area (Å²) in [7, 11) is -2.89. The summed E-state index contributed by atoms with van der Waals surface area (Å²) in [5.41, 5.74) is 1.08. The molecule has 0 fully saturated rings. The van der Waals surface area contributed by atoms with Crippen LogP contribution in [0.4, 0.5) is 0 Å². The molecule has 1 heterocycles. The Morgan fingerprint density at radius 3 is 2.74 bits per heavy atom. The van der Waals surface area contributed by atoms with Crippen LogP contribution in [-0.4, -0.2) is 31.6 Å². The van der Waals surface area contributed by atoms with Gasteiger partial charge in [-0.3, -0.25) is 0 Å². The molecule has 0 saturated carbocycles. The molecule has 0 radical (unpaired) electrons. The van der Waals surface area contributed by atoms with Gasteiger partial charge in [0.15, 0.2) is 0 Å². The molecule has 19 heavy (non-hydrogen) atoms. The van der Waals surface area contributed by atoms with Crippen LogP contribution in [0.15, 0.2) is 30.5 Å². The van der Waals surface area contributed by atoms with Crippen LogP contribution in [0.25, 0.3) is 10.9 Å². The van der Waals surface area contributed by atoms with Crippen molar-refractivity contribution in [1.29, 1.82) is 0 Å². The van der Waals surface area contributed by atoms with Crippen LogP contribution in [0.2, 0.25) is 0 Å². The lowest BCUT2D eigenvalue weighted by Gasteiger charge is -2.07. The fraction of sp³-hybridized carbons (Fsp3) is 0.429. The molecule has 2 aromatic rings. The third-order valence-corrected chi connectivity index (χ3v) is 4.02. The van der Waals surface area contributed by atoms with Gasteiger partial charge >= 0.3 is 0 Å². The summed E-state index contributed by atoms with van der Waals surface area (Å²) in [4.78, 5) is 0. The van der Waals surface area contributed by atoms with Gasteiger partial charge in [-0.2, -0.15) is 0 Å². The van der Waals surface area contributed by atoms with Crippen LogP contribution in [0.5, 0.6) is 5.75 Å². The zero-order chi connectivity index (χ0) is 13.9. The van der Waals surface area contributed by atoms with Crippen molar-refractivity contribution in [1.82, 2.24) is 4.57 Å². The van der Waals surface area contributed by atoms with Crippen molar-refractivity contribution < 1.29 is 13.2 Å². The van der Waals surface area contributed by atoms with Crippen molar-refractivity contribution in [2.45, 2.75) is 19.9 Å². The highest BCUT2D eigenvalue weighted by atomic mass is 32.2. The second kappa shape index (κ2) is 5.65. The Balaban J connectivity index is 2.19. The number of ether oxygens (including phenoxy) is 1. The standard InChI is InChI=1S/C14H19NO3S/c1-3-18-14-7-4-6-13-12(14)8-10-15(13)9-5-11-19(2,16)17/h4,6-8,10H,3,5,9,11H2,1-2H3. The van der Waals surface area contributed by atoms with Crippen molar-refractivity contribution in [2.24, 2.45) is 0 Å². The van der Waals surface area contributed by atoms with E-state index < -0.39 is 9.84 Å². The Morgan fingerprint density at radius 1 is 1.26 bits per heavy atom. The molecule has 0 aliphatic heterocycles. The predicted molar refractivity (Wildman–Crippen MR) is 77.4 cm³/mol. The molecule has 4 nitrogen and oxygen atoms in total. The molecule has 0 N–H and O–H groups in total. The Kier molecular flexibility index (Phi) is 4.14. The number of rotatable bonds is 6. The van der Waals surface area contributed by atoms with Gasteiger partial charge in [-0.05, 0) is 31.5 Å². The second-order valence-corrected chi connectivity index (χ2v) is 6.87. The Labute approximate surface area is 113 Å². The summed E-state index contributed by atoms with van der Waals surface area (Å²) < 4.78 is 29.9. The topological polar surface area (TPSA) is 48.3 Å². The molecule has 0 spiro atoms. The minimum absolute atomic E-state index is 0.220. The summed E-state index contributed by atoms with van der Waals surface area (Å²) in [5, 5.41) is 1.07. The molecule has 0 atom stereocenters. The number of hydrogen-bond donors (Lipinski definition) is 0. The first-order valence-electron chi connectivity index (χ1n) is 6.39. The first-order chi connectivity index (χ1) is 9.01. The number of sulfone groups is 1. The molecule has 1 aromatic carbocycles. The Hall–Kier alpha value is -1.49. The summed E-state index contributed by atoms with van der Waals surface area (Å²) in [5.74, 6) is 1.10. The van der Waals surface area contributed by atoms with Gasteiger partial charge in [0, 0.05) is 24.4 Å². The number of benzene rings is 1. The molecule has 104 valence electrons. The van der Waals surface area contributed by atoms with Gasteiger partial charge < -0.3 is 9.30 Å². The molecule has 0 saturated heterocycles. The molecule has 1 aromatic heterocycles. The summed E-state index contributed by atoms with van der Waals surface area (Å²) in [6, 6.07) is 7.95. The summed E-state index contributed by atoms with van der Waals surface area (Å²) in [6.07, 6.45) is 3.88. The Morgan fingerprint density at radius 2 is 2.05 bits per heavy atom. The third-order valence-electron chi connectivity index (χ3n) is 2.99. The number of aromatic nitrogens is 1. The van der Waals surface area contributed by atoms with Gasteiger partial charge in [-0.1, -0.05) is 6.07 Å². The highest BCUT2D eigenvalue weighted by Crippen LogP contribution is 2.26. The minimum atomic E-state index is -2.89. The molecule has 0 amide bonds. The monoisotopic (exact) mass is 281 g/mol. The van der Waals surface area contributed by atoms with Crippen molar-refractivity contribution in [3.8, 4) is 5.75 Å². The highest BCUT2D eigenvalue weighted by molar-refractivity contribution is 7.90. The average Bonchev–Trinajstić information content (AvgIpc) is 2.73. The minimum Gasteiger partial charge on any atom is -0.493 e. The van der Waals surface area contributed by atoms with E-state index in [0.717, 1.165) is 16.7 Å². The predicted octanol–water partition coefficient (Wildman–Crippen LogP) is 2.47.